The third-order valence-electron chi connectivity index (χ3n) is 4.88. The van der Waals surface area contributed by atoms with Gasteiger partial charge in [-0.15, -0.1) is 0 Å². The van der Waals surface area contributed by atoms with Gasteiger partial charge in [0.15, 0.2) is 5.78 Å². The Balaban J connectivity index is 1.24. The Hall–Kier alpha value is -1.97. The summed E-state index contributed by atoms with van der Waals surface area (Å²) in [5.41, 5.74) is 3.32. The molecule has 2 aromatic carbocycles. The van der Waals surface area contributed by atoms with Crippen LogP contribution in [-0.4, -0.2) is 56.2 Å². The number of rotatable bonds is 12. The van der Waals surface area contributed by atoms with Crippen LogP contribution in [0.4, 0.5) is 8.78 Å². The summed E-state index contributed by atoms with van der Waals surface area (Å²) in [5, 5.41) is 5.40. The highest BCUT2D eigenvalue weighted by Crippen LogP contribution is 2.21. The first-order valence-corrected chi connectivity index (χ1v) is 11.1. The molecular formula is C22H25Cl2F2N3O3. The number of hydrogen-bond donors (Lipinski definition) is 2. The maximum atomic E-state index is 13.4. The Morgan fingerprint density at radius 1 is 1.06 bits per heavy atom. The second-order valence-corrected chi connectivity index (χ2v) is 8.22. The second-order valence-electron chi connectivity index (χ2n) is 7.40. The van der Waals surface area contributed by atoms with Crippen LogP contribution in [0.2, 0.25) is 10.0 Å². The third kappa shape index (κ3) is 7.86. The number of hydrazine groups is 1. The molecule has 3 rings (SSSR count). The first-order chi connectivity index (χ1) is 15.4. The molecule has 1 atom stereocenters. The van der Waals surface area contributed by atoms with E-state index in [1.54, 1.807) is 6.07 Å². The molecule has 2 aromatic rings. The molecule has 0 radical (unpaired) electrons. The average Bonchev–Trinajstić information content (AvgIpc) is 3.23. The Bertz CT molecular complexity index is 920. The van der Waals surface area contributed by atoms with Crippen molar-refractivity contribution in [3.8, 4) is 11.5 Å². The largest absolute Gasteiger partial charge is 0.493 e. The lowest BCUT2D eigenvalue weighted by Gasteiger charge is -2.18. The molecule has 2 N–H and O–H groups in total. The van der Waals surface area contributed by atoms with Crippen molar-refractivity contribution < 1.29 is 23.0 Å². The van der Waals surface area contributed by atoms with Crippen LogP contribution < -0.4 is 20.2 Å². The van der Waals surface area contributed by atoms with E-state index in [1.165, 1.54) is 24.3 Å². The van der Waals surface area contributed by atoms with Crippen LogP contribution in [0.15, 0.2) is 36.4 Å². The first kappa shape index (κ1) is 24.7. The number of ketones is 1. The van der Waals surface area contributed by atoms with Crippen LogP contribution in [-0.2, 0) is 4.79 Å². The second kappa shape index (κ2) is 12.3. The fourth-order valence-electron chi connectivity index (χ4n) is 3.18. The number of carbonyl (C=O) groups excluding carboxylic acids is 1. The van der Waals surface area contributed by atoms with Gasteiger partial charge < -0.3 is 14.8 Å². The van der Waals surface area contributed by atoms with E-state index in [9.17, 15) is 13.6 Å². The van der Waals surface area contributed by atoms with Crippen LogP contribution in [0.3, 0.4) is 0 Å². The standard InChI is InChI=1S/C22H25Cl2F2N3O3/c23-19-4-2-17(10-21(19)25)31-9-1-7-28-29-8-6-15(13-29)27-12-16(30)14-32-18-3-5-20(24)22(26)11-18/h2-5,10-11,15,27-28H,1,6-9,12-14H2. The van der Waals surface area contributed by atoms with Gasteiger partial charge in [0.05, 0.1) is 23.2 Å². The molecule has 0 aliphatic carbocycles. The number of nitrogens with zero attached hydrogens (tertiary/aromatic N) is 1. The summed E-state index contributed by atoms with van der Waals surface area (Å²) >= 11 is 11.3. The van der Waals surface area contributed by atoms with Crippen molar-refractivity contribution in [3.05, 3.63) is 58.1 Å². The summed E-state index contributed by atoms with van der Waals surface area (Å²) in [5.74, 6) is -0.489. The molecule has 0 amide bonds. The monoisotopic (exact) mass is 487 g/mol. The molecule has 1 saturated heterocycles. The van der Waals surface area contributed by atoms with Gasteiger partial charge in [0.25, 0.3) is 0 Å². The van der Waals surface area contributed by atoms with E-state index in [4.69, 9.17) is 32.7 Å². The zero-order valence-electron chi connectivity index (χ0n) is 17.4. The molecule has 32 heavy (non-hydrogen) atoms. The molecule has 0 aromatic heterocycles. The number of hydrogen-bond acceptors (Lipinski definition) is 6. The zero-order chi connectivity index (χ0) is 22.9. The average molecular weight is 488 g/mol. The maximum absolute atomic E-state index is 13.4. The molecule has 174 valence electrons. The Morgan fingerprint density at radius 3 is 2.38 bits per heavy atom. The van der Waals surface area contributed by atoms with E-state index in [-0.39, 0.29) is 40.8 Å². The summed E-state index contributed by atoms with van der Waals surface area (Å²) < 4.78 is 37.6. The van der Waals surface area contributed by atoms with Crippen molar-refractivity contribution >= 4 is 29.0 Å². The molecule has 1 aliphatic heterocycles. The molecule has 1 unspecified atom stereocenters. The molecule has 1 fully saturated rings. The van der Waals surface area contributed by atoms with Crippen molar-refractivity contribution in [1.29, 1.82) is 0 Å². The van der Waals surface area contributed by atoms with Crippen molar-refractivity contribution in [1.82, 2.24) is 15.8 Å². The summed E-state index contributed by atoms with van der Waals surface area (Å²) in [7, 11) is 0. The van der Waals surface area contributed by atoms with E-state index >= 15 is 0 Å². The van der Waals surface area contributed by atoms with Crippen LogP contribution in [0, 0.1) is 11.6 Å². The summed E-state index contributed by atoms with van der Waals surface area (Å²) in [6.07, 6.45) is 1.66. The highest BCUT2D eigenvalue weighted by molar-refractivity contribution is 6.31. The molecule has 0 saturated carbocycles. The lowest BCUT2D eigenvalue weighted by Crippen LogP contribution is -2.41. The van der Waals surface area contributed by atoms with E-state index < -0.39 is 11.6 Å². The van der Waals surface area contributed by atoms with Crippen LogP contribution in [0.5, 0.6) is 11.5 Å². The Morgan fingerprint density at radius 2 is 1.72 bits per heavy atom. The van der Waals surface area contributed by atoms with Crippen molar-refractivity contribution in [3.63, 3.8) is 0 Å². The predicted molar refractivity (Wildman–Crippen MR) is 119 cm³/mol. The van der Waals surface area contributed by atoms with Gasteiger partial charge in [0, 0.05) is 37.8 Å². The number of benzene rings is 2. The van der Waals surface area contributed by atoms with E-state index in [0.29, 0.717) is 18.9 Å². The quantitative estimate of drug-likeness (QED) is 0.443. The van der Waals surface area contributed by atoms with Crippen LogP contribution in [0.25, 0.3) is 0 Å². The van der Waals surface area contributed by atoms with Gasteiger partial charge in [-0.3, -0.25) is 10.2 Å². The number of ether oxygens (including phenoxy) is 2. The summed E-state index contributed by atoms with van der Waals surface area (Å²) in [4.78, 5) is 12.0. The maximum Gasteiger partial charge on any atom is 0.183 e. The summed E-state index contributed by atoms with van der Waals surface area (Å²) in [6.45, 7) is 2.83. The van der Waals surface area contributed by atoms with Crippen molar-refractivity contribution in [2.75, 3.05) is 39.4 Å². The molecule has 6 nitrogen and oxygen atoms in total. The Labute approximate surface area is 195 Å². The van der Waals surface area contributed by atoms with E-state index in [1.807, 2.05) is 0 Å². The smallest absolute Gasteiger partial charge is 0.183 e. The molecule has 10 heteroatoms. The van der Waals surface area contributed by atoms with E-state index in [0.717, 1.165) is 32.0 Å². The SMILES string of the molecule is O=C(CNC1CCN(NCCCOc2ccc(Cl)c(F)c2)C1)COc1ccc(Cl)c(F)c1. The zero-order valence-corrected chi connectivity index (χ0v) is 18.9. The topological polar surface area (TPSA) is 62.8 Å². The Kier molecular flexibility index (Phi) is 9.50. The molecule has 1 aliphatic rings. The van der Waals surface area contributed by atoms with Gasteiger partial charge in [0.1, 0.15) is 29.7 Å². The molecule has 0 bridgehead atoms. The lowest BCUT2D eigenvalue weighted by atomic mass is 10.2. The van der Waals surface area contributed by atoms with Gasteiger partial charge in [-0.05, 0) is 37.1 Å². The minimum Gasteiger partial charge on any atom is -0.493 e. The van der Waals surface area contributed by atoms with Gasteiger partial charge in [0.2, 0.25) is 0 Å². The highest BCUT2D eigenvalue weighted by atomic mass is 35.5. The van der Waals surface area contributed by atoms with Gasteiger partial charge in [-0.2, -0.15) is 0 Å². The number of halogens is 4. The minimum absolute atomic E-state index is 0.00853. The normalized spacial score (nSPS) is 16.3. The van der Waals surface area contributed by atoms with Gasteiger partial charge in [-0.1, -0.05) is 23.2 Å². The van der Waals surface area contributed by atoms with Crippen LogP contribution >= 0.6 is 23.2 Å². The summed E-state index contributed by atoms with van der Waals surface area (Å²) in [6, 6.07) is 8.62. The fourth-order valence-corrected chi connectivity index (χ4v) is 3.41. The van der Waals surface area contributed by atoms with Gasteiger partial charge >= 0.3 is 0 Å². The fraction of sp³-hybridized carbons (Fsp3) is 0.409. The van der Waals surface area contributed by atoms with Crippen molar-refractivity contribution in [2.24, 2.45) is 0 Å². The number of Topliss-reactive ketones (excluding diaryl/α,β-unsaturated/α-hetero) is 1. The minimum atomic E-state index is -0.585. The van der Waals surface area contributed by atoms with Gasteiger partial charge in [-0.25, -0.2) is 13.8 Å². The molecule has 0 spiro atoms. The molecule has 1 heterocycles. The number of carbonyl (C=O) groups is 1. The predicted octanol–water partition coefficient (Wildman–Crippen LogP) is 3.86. The van der Waals surface area contributed by atoms with Crippen LogP contribution in [0.1, 0.15) is 12.8 Å². The third-order valence-corrected chi connectivity index (χ3v) is 5.50. The van der Waals surface area contributed by atoms with Crippen molar-refractivity contribution in [2.45, 2.75) is 18.9 Å². The molecular weight excluding hydrogens is 463 g/mol. The highest BCUT2D eigenvalue weighted by Gasteiger charge is 2.22. The lowest BCUT2D eigenvalue weighted by molar-refractivity contribution is -0.120. The first-order valence-electron chi connectivity index (χ1n) is 10.3. The number of nitrogens with one attached hydrogen (secondary N) is 2. The van der Waals surface area contributed by atoms with E-state index in [2.05, 4.69) is 15.8 Å².